The second-order valence-corrected chi connectivity index (χ2v) is 7.99. The summed E-state index contributed by atoms with van der Waals surface area (Å²) in [7, 11) is 1.91. The molecule has 118 valence electrons. The monoisotopic (exact) mass is 328 g/mol. The van der Waals surface area contributed by atoms with Crippen molar-refractivity contribution in [1.29, 1.82) is 0 Å². The van der Waals surface area contributed by atoms with Crippen molar-refractivity contribution in [3.05, 3.63) is 20.7 Å². The Balaban J connectivity index is 1.85. The van der Waals surface area contributed by atoms with Gasteiger partial charge in [-0.25, -0.2) is 0 Å². The fourth-order valence-electron chi connectivity index (χ4n) is 2.92. The van der Waals surface area contributed by atoms with Gasteiger partial charge in [-0.3, -0.25) is 9.59 Å². The van der Waals surface area contributed by atoms with E-state index in [9.17, 15) is 9.59 Å². The Morgan fingerprint density at radius 1 is 1.52 bits per heavy atom. The molecule has 1 aliphatic carbocycles. The molecule has 6 heteroatoms. The molecule has 1 saturated carbocycles. The van der Waals surface area contributed by atoms with E-state index in [4.69, 9.17) is 0 Å². The number of carbonyl (C=O) groups is 1. The van der Waals surface area contributed by atoms with Gasteiger partial charge in [-0.05, 0) is 31.9 Å². The van der Waals surface area contributed by atoms with Crippen LogP contribution in [0.15, 0.2) is 10.2 Å². The second-order valence-electron chi connectivity index (χ2n) is 5.59. The van der Waals surface area contributed by atoms with Crippen LogP contribution in [-0.4, -0.2) is 39.5 Å². The van der Waals surface area contributed by atoms with Crippen LogP contribution < -0.4 is 4.87 Å². The third-order valence-corrected chi connectivity index (χ3v) is 6.34. The first-order chi connectivity index (χ1) is 10.0. The standard InChI is InChI=1S/C15H24N2O2S2/c1-4-20-13-6-5-12(9-13)16(3)14(18)7-8-17-11(2)10-21-15(17)19/h10,12-13H,4-9H2,1-3H3/t12-,13+/m0/s1. The molecule has 2 rings (SSSR count). The maximum Gasteiger partial charge on any atom is 0.307 e. The zero-order chi connectivity index (χ0) is 15.4. The van der Waals surface area contributed by atoms with Gasteiger partial charge in [-0.15, -0.1) is 0 Å². The van der Waals surface area contributed by atoms with Gasteiger partial charge in [0.05, 0.1) is 0 Å². The molecule has 2 atom stereocenters. The van der Waals surface area contributed by atoms with Gasteiger partial charge in [0.25, 0.3) is 0 Å². The Labute approximate surface area is 134 Å². The summed E-state index contributed by atoms with van der Waals surface area (Å²) in [6.07, 6.45) is 3.84. The minimum atomic E-state index is 0.0308. The lowest BCUT2D eigenvalue weighted by molar-refractivity contribution is -0.132. The highest BCUT2D eigenvalue weighted by Gasteiger charge is 2.29. The number of amides is 1. The molecule has 1 heterocycles. The summed E-state index contributed by atoms with van der Waals surface area (Å²) < 4.78 is 1.70. The van der Waals surface area contributed by atoms with Crippen molar-refractivity contribution < 1.29 is 4.79 Å². The van der Waals surface area contributed by atoms with Gasteiger partial charge in [0, 0.05) is 42.4 Å². The summed E-state index contributed by atoms with van der Waals surface area (Å²) in [4.78, 5) is 25.9. The number of carbonyl (C=O) groups excluding carboxylic acids is 1. The number of hydrogen-bond donors (Lipinski definition) is 0. The number of hydrogen-bond acceptors (Lipinski definition) is 4. The Bertz CT molecular complexity index is 538. The fourth-order valence-corrected chi connectivity index (χ4v) is 4.81. The molecule has 0 spiro atoms. The van der Waals surface area contributed by atoms with E-state index in [0.717, 1.165) is 24.3 Å². The van der Waals surface area contributed by atoms with Gasteiger partial charge in [0.2, 0.25) is 5.91 Å². The van der Waals surface area contributed by atoms with Crippen LogP contribution in [0.1, 0.15) is 38.3 Å². The largest absolute Gasteiger partial charge is 0.343 e. The van der Waals surface area contributed by atoms with Gasteiger partial charge >= 0.3 is 4.87 Å². The first kappa shape index (κ1) is 16.6. The Morgan fingerprint density at radius 3 is 2.90 bits per heavy atom. The van der Waals surface area contributed by atoms with Crippen LogP contribution in [0.4, 0.5) is 0 Å². The highest BCUT2D eigenvalue weighted by Crippen LogP contribution is 2.32. The molecule has 1 aliphatic rings. The van der Waals surface area contributed by atoms with Crippen LogP contribution in [0.3, 0.4) is 0 Å². The Kier molecular flexibility index (Phi) is 5.93. The lowest BCUT2D eigenvalue weighted by Crippen LogP contribution is -2.36. The number of thiazole rings is 1. The molecule has 0 aliphatic heterocycles. The second kappa shape index (κ2) is 7.49. The summed E-state index contributed by atoms with van der Waals surface area (Å²) >= 11 is 3.21. The van der Waals surface area contributed by atoms with E-state index < -0.39 is 0 Å². The van der Waals surface area contributed by atoms with Gasteiger partial charge in [0.1, 0.15) is 0 Å². The molecule has 4 nitrogen and oxygen atoms in total. The van der Waals surface area contributed by atoms with Crippen molar-refractivity contribution in [3.8, 4) is 0 Å². The fraction of sp³-hybridized carbons (Fsp3) is 0.733. The number of thioether (sulfide) groups is 1. The molecule has 21 heavy (non-hydrogen) atoms. The van der Waals surface area contributed by atoms with Gasteiger partial charge < -0.3 is 9.47 Å². The van der Waals surface area contributed by atoms with E-state index in [1.54, 1.807) is 4.57 Å². The topological polar surface area (TPSA) is 42.3 Å². The van der Waals surface area contributed by atoms with Crippen molar-refractivity contribution in [2.45, 2.75) is 57.4 Å². The van der Waals surface area contributed by atoms with Crippen LogP contribution >= 0.6 is 23.1 Å². The molecule has 0 N–H and O–H groups in total. The van der Waals surface area contributed by atoms with E-state index in [1.807, 2.05) is 36.0 Å². The zero-order valence-electron chi connectivity index (χ0n) is 13.0. The third kappa shape index (κ3) is 4.13. The zero-order valence-corrected chi connectivity index (χ0v) is 14.6. The van der Waals surface area contributed by atoms with Gasteiger partial charge in [-0.1, -0.05) is 18.3 Å². The molecule has 1 fully saturated rings. The third-order valence-electron chi connectivity index (χ3n) is 4.23. The maximum atomic E-state index is 12.3. The lowest BCUT2D eigenvalue weighted by atomic mass is 10.2. The lowest BCUT2D eigenvalue weighted by Gasteiger charge is -2.25. The average Bonchev–Trinajstić information content (AvgIpc) is 3.04. The first-order valence-corrected chi connectivity index (χ1v) is 9.48. The molecular formula is C15H24N2O2S2. The van der Waals surface area contributed by atoms with Gasteiger partial charge in [0.15, 0.2) is 0 Å². The van der Waals surface area contributed by atoms with Crippen molar-refractivity contribution in [1.82, 2.24) is 9.47 Å². The van der Waals surface area contributed by atoms with Crippen molar-refractivity contribution in [2.24, 2.45) is 0 Å². The summed E-state index contributed by atoms with van der Waals surface area (Å²) in [6, 6.07) is 0.377. The summed E-state index contributed by atoms with van der Waals surface area (Å²) in [5, 5.41) is 2.55. The first-order valence-electron chi connectivity index (χ1n) is 7.55. The number of nitrogens with zero attached hydrogens (tertiary/aromatic N) is 2. The van der Waals surface area contributed by atoms with E-state index in [0.29, 0.717) is 24.3 Å². The SMILES string of the molecule is CCS[C@@H]1CC[C@H](N(C)C(=O)CCn2c(C)csc2=O)C1. The molecular weight excluding hydrogens is 304 g/mol. The van der Waals surface area contributed by atoms with E-state index in [2.05, 4.69) is 6.92 Å². The summed E-state index contributed by atoms with van der Waals surface area (Å²) in [6.45, 7) is 4.60. The minimum absolute atomic E-state index is 0.0308. The molecule has 0 saturated heterocycles. The summed E-state index contributed by atoms with van der Waals surface area (Å²) in [5.74, 6) is 1.30. The van der Waals surface area contributed by atoms with Crippen LogP contribution in [0.2, 0.25) is 0 Å². The van der Waals surface area contributed by atoms with Crippen LogP contribution in [0, 0.1) is 6.92 Å². The Hall–Kier alpha value is -0.750. The normalized spacial score (nSPS) is 21.7. The van der Waals surface area contributed by atoms with Crippen molar-refractivity contribution >= 4 is 29.0 Å². The number of aryl methyl sites for hydroxylation is 1. The quantitative estimate of drug-likeness (QED) is 0.806. The maximum absolute atomic E-state index is 12.3. The molecule has 0 radical (unpaired) electrons. The highest BCUT2D eigenvalue weighted by atomic mass is 32.2. The van der Waals surface area contributed by atoms with E-state index in [-0.39, 0.29) is 10.8 Å². The van der Waals surface area contributed by atoms with E-state index >= 15 is 0 Å². The smallest absolute Gasteiger partial charge is 0.307 e. The highest BCUT2D eigenvalue weighted by molar-refractivity contribution is 7.99. The number of rotatable bonds is 6. The predicted molar refractivity (Wildman–Crippen MR) is 90.3 cm³/mol. The van der Waals surface area contributed by atoms with Crippen molar-refractivity contribution in [3.63, 3.8) is 0 Å². The molecule has 1 amide bonds. The average molecular weight is 329 g/mol. The molecule has 0 aromatic carbocycles. The summed E-state index contributed by atoms with van der Waals surface area (Å²) in [5.41, 5.74) is 0.945. The molecule has 0 bridgehead atoms. The molecule has 0 unspecified atom stereocenters. The predicted octanol–water partition coefficient (Wildman–Crippen LogP) is 2.74. The van der Waals surface area contributed by atoms with Gasteiger partial charge in [-0.2, -0.15) is 11.8 Å². The van der Waals surface area contributed by atoms with Crippen LogP contribution in [-0.2, 0) is 11.3 Å². The minimum Gasteiger partial charge on any atom is -0.343 e. The molecule has 1 aromatic rings. The van der Waals surface area contributed by atoms with E-state index in [1.165, 1.54) is 17.8 Å². The molecule has 1 aromatic heterocycles. The number of aromatic nitrogens is 1. The van der Waals surface area contributed by atoms with Crippen molar-refractivity contribution in [2.75, 3.05) is 12.8 Å². The Morgan fingerprint density at radius 2 is 2.29 bits per heavy atom. The van der Waals surface area contributed by atoms with Crippen LogP contribution in [0.5, 0.6) is 0 Å². The van der Waals surface area contributed by atoms with Crippen LogP contribution in [0.25, 0.3) is 0 Å².